The van der Waals surface area contributed by atoms with Gasteiger partial charge in [0.15, 0.2) is 6.67 Å². The molecule has 0 aliphatic carbocycles. The van der Waals surface area contributed by atoms with Gasteiger partial charge < -0.3 is 0 Å². The molecule has 0 aromatic heterocycles. The summed E-state index contributed by atoms with van der Waals surface area (Å²) in [6, 6.07) is -3.75. The van der Waals surface area contributed by atoms with E-state index in [0.29, 0.717) is 6.41 Å². The second-order valence-electron chi connectivity index (χ2n) is 1.07. The number of hydrogen-bond donors (Lipinski definition) is 1. The standard InChI is InChI=1S/C3H3F3NO/c4-1-3(5,6)7-2-8/h1H2,(H,7,8). The molecule has 0 rings (SSSR count). The van der Waals surface area contributed by atoms with Crippen molar-refractivity contribution >= 4 is 6.41 Å². The van der Waals surface area contributed by atoms with E-state index in [-0.39, 0.29) is 0 Å². The highest BCUT2D eigenvalue weighted by Crippen LogP contribution is 2.06. The molecule has 0 aromatic carbocycles. The molecule has 0 heterocycles. The molecule has 47 valence electrons. The van der Waals surface area contributed by atoms with Crippen LogP contribution in [0.25, 0.3) is 0 Å². The van der Waals surface area contributed by atoms with E-state index in [1.165, 1.54) is 0 Å². The molecule has 5 heteroatoms. The molecule has 8 heavy (non-hydrogen) atoms. The van der Waals surface area contributed by atoms with Crippen LogP contribution < -0.4 is 5.32 Å². The average molecular weight is 126 g/mol. The monoisotopic (exact) mass is 126 g/mol. The van der Waals surface area contributed by atoms with Gasteiger partial charge in [-0.15, -0.1) is 0 Å². The van der Waals surface area contributed by atoms with Crippen LogP contribution in [0.5, 0.6) is 0 Å². The van der Waals surface area contributed by atoms with Gasteiger partial charge in [-0.2, -0.15) is 8.78 Å². The molecular formula is C3H3F3NO. The minimum absolute atomic E-state index is 0.669. The molecule has 2 nitrogen and oxygen atoms in total. The summed E-state index contributed by atoms with van der Waals surface area (Å²) < 4.78 is 33.8. The average Bonchev–Trinajstić information content (AvgIpc) is 1.67. The molecule has 0 saturated carbocycles. The molecule has 0 spiro atoms. The molecule has 0 aromatic rings. The zero-order valence-corrected chi connectivity index (χ0v) is 3.75. The fraction of sp³-hybridized carbons (Fsp3) is 0.667. The summed E-state index contributed by atoms with van der Waals surface area (Å²) in [6.07, 6.45) is 0.669. The first-order chi connectivity index (χ1) is 3.62. The Labute approximate surface area is 43.7 Å². The van der Waals surface area contributed by atoms with Gasteiger partial charge in [-0.1, -0.05) is 0 Å². The van der Waals surface area contributed by atoms with Crippen LogP contribution in [0.15, 0.2) is 0 Å². The lowest BCUT2D eigenvalue weighted by Crippen LogP contribution is -2.37. The van der Waals surface area contributed by atoms with Crippen molar-refractivity contribution in [1.29, 1.82) is 0 Å². The summed E-state index contributed by atoms with van der Waals surface area (Å²) in [7, 11) is 0. The molecule has 0 bridgehead atoms. The Balaban J connectivity index is 3.53. The van der Waals surface area contributed by atoms with Gasteiger partial charge in [0.1, 0.15) is 0 Å². The highest BCUT2D eigenvalue weighted by atomic mass is 19.3. The highest BCUT2D eigenvalue weighted by molar-refractivity contribution is 5.47. The van der Waals surface area contributed by atoms with E-state index in [0.717, 1.165) is 5.32 Å². The molecule has 0 atom stereocenters. The van der Waals surface area contributed by atoms with Crippen LogP contribution in [0.3, 0.4) is 0 Å². The Bertz CT molecular complexity index is 84.6. The minimum Gasteiger partial charge on any atom is -0.287 e. The van der Waals surface area contributed by atoms with E-state index in [1.54, 1.807) is 0 Å². The zero-order chi connectivity index (χ0) is 6.62. The summed E-state index contributed by atoms with van der Waals surface area (Å²) in [5.74, 6) is 0. The number of nitrogens with one attached hydrogen (secondary N) is 1. The lowest BCUT2D eigenvalue weighted by atomic mass is 10.6. The van der Waals surface area contributed by atoms with E-state index >= 15 is 0 Å². The van der Waals surface area contributed by atoms with Crippen LogP contribution >= 0.6 is 0 Å². The topological polar surface area (TPSA) is 29.1 Å². The van der Waals surface area contributed by atoms with Crippen LogP contribution in [0.2, 0.25) is 0 Å². The van der Waals surface area contributed by atoms with Crippen molar-refractivity contribution in [2.45, 2.75) is 6.05 Å². The molecule has 0 aliphatic rings. The summed E-state index contributed by atoms with van der Waals surface area (Å²) in [5.41, 5.74) is 0. The summed E-state index contributed by atoms with van der Waals surface area (Å²) in [6.45, 7) is -1.90. The second kappa shape index (κ2) is 2.54. The van der Waals surface area contributed by atoms with Gasteiger partial charge in [0.25, 0.3) is 0 Å². The first-order valence-electron chi connectivity index (χ1n) is 1.70. The number of hydrogen-bond acceptors (Lipinski definition) is 1. The number of halogens is 3. The van der Waals surface area contributed by atoms with Crippen LogP contribution in [0, 0.1) is 0 Å². The fourth-order valence-electron chi connectivity index (χ4n) is 0.108. The largest absolute Gasteiger partial charge is 0.353 e. The predicted molar refractivity (Wildman–Crippen MR) is 19.8 cm³/mol. The van der Waals surface area contributed by atoms with Gasteiger partial charge in [0.2, 0.25) is 0 Å². The molecular weight excluding hydrogens is 123 g/mol. The van der Waals surface area contributed by atoms with Crippen molar-refractivity contribution < 1.29 is 18.0 Å². The number of rotatable bonds is 3. The fourth-order valence-corrected chi connectivity index (χ4v) is 0.108. The summed E-state index contributed by atoms with van der Waals surface area (Å²) in [5, 5.41) is 0.858. The Morgan fingerprint density at radius 2 is 2.12 bits per heavy atom. The maximum absolute atomic E-state index is 11.4. The SMILES string of the molecule is O=[C]NC(F)(F)CF. The summed E-state index contributed by atoms with van der Waals surface area (Å²) >= 11 is 0. The van der Waals surface area contributed by atoms with Gasteiger partial charge in [0, 0.05) is 0 Å². The molecule has 0 saturated heterocycles. The van der Waals surface area contributed by atoms with E-state index in [2.05, 4.69) is 0 Å². The smallest absolute Gasteiger partial charge is 0.287 e. The number of alkyl halides is 3. The Morgan fingerprint density at radius 1 is 1.62 bits per heavy atom. The van der Waals surface area contributed by atoms with E-state index in [4.69, 9.17) is 4.79 Å². The van der Waals surface area contributed by atoms with Crippen molar-refractivity contribution in [3.63, 3.8) is 0 Å². The Kier molecular flexibility index (Phi) is 2.30. The van der Waals surface area contributed by atoms with Gasteiger partial charge in [-0.25, -0.2) is 4.39 Å². The zero-order valence-electron chi connectivity index (χ0n) is 3.75. The molecule has 0 unspecified atom stereocenters. The third kappa shape index (κ3) is 2.44. The molecule has 1 N–H and O–H groups in total. The van der Waals surface area contributed by atoms with Gasteiger partial charge >= 0.3 is 12.5 Å². The van der Waals surface area contributed by atoms with Crippen molar-refractivity contribution in [1.82, 2.24) is 5.32 Å². The third-order valence-electron chi connectivity index (χ3n) is 0.402. The van der Waals surface area contributed by atoms with E-state index in [9.17, 15) is 13.2 Å². The van der Waals surface area contributed by atoms with Crippen LogP contribution in [-0.2, 0) is 4.79 Å². The molecule has 1 amide bonds. The highest BCUT2D eigenvalue weighted by Gasteiger charge is 2.27. The van der Waals surface area contributed by atoms with Crippen LogP contribution in [0.1, 0.15) is 0 Å². The third-order valence-corrected chi connectivity index (χ3v) is 0.402. The minimum atomic E-state index is -3.75. The van der Waals surface area contributed by atoms with Crippen molar-refractivity contribution in [3.8, 4) is 0 Å². The Hall–Kier alpha value is -0.740. The van der Waals surface area contributed by atoms with Gasteiger partial charge in [-0.3, -0.25) is 10.1 Å². The normalized spacial score (nSPS) is 10.9. The van der Waals surface area contributed by atoms with Crippen molar-refractivity contribution in [2.24, 2.45) is 0 Å². The maximum Gasteiger partial charge on any atom is 0.353 e. The van der Waals surface area contributed by atoms with Gasteiger partial charge in [-0.05, 0) is 0 Å². The van der Waals surface area contributed by atoms with Crippen LogP contribution in [0.4, 0.5) is 13.2 Å². The second-order valence-corrected chi connectivity index (χ2v) is 1.07. The first-order valence-corrected chi connectivity index (χ1v) is 1.70. The lowest BCUT2D eigenvalue weighted by Gasteiger charge is -2.06. The Morgan fingerprint density at radius 3 is 2.25 bits per heavy atom. The molecule has 1 radical (unpaired) electrons. The van der Waals surface area contributed by atoms with E-state index < -0.39 is 12.7 Å². The molecule has 0 aliphatic heterocycles. The van der Waals surface area contributed by atoms with Crippen molar-refractivity contribution in [3.05, 3.63) is 0 Å². The first kappa shape index (κ1) is 7.26. The maximum atomic E-state index is 11.4. The number of carbonyl (C=O) groups excluding carboxylic acids is 1. The van der Waals surface area contributed by atoms with E-state index in [1.807, 2.05) is 0 Å². The number of amides is 1. The summed E-state index contributed by atoms with van der Waals surface area (Å²) in [4.78, 5) is 9.10. The molecule has 0 fully saturated rings. The van der Waals surface area contributed by atoms with Gasteiger partial charge in [0.05, 0.1) is 0 Å². The predicted octanol–water partition coefficient (Wildman–Crippen LogP) is 0.205. The lowest BCUT2D eigenvalue weighted by molar-refractivity contribution is -0.0373. The van der Waals surface area contributed by atoms with Crippen molar-refractivity contribution in [2.75, 3.05) is 6.67 Å². The quantitative estimate of drug-likeness (QED) is 0.425. The van der Waals surface area contributed by atoms with Crippen LogP contribution in [-0.4, -0.2) is 19.1 Å².